The minimum Gasteiger partial charge on any atom is -0.508 e. The van der Waals surface area contributed by atoms with E-state index in [-0.39, 0.29) is 11.3 Å². The molecule has 1 heterocycles. The molecule has 5 heteroatoms. The minimum absolute atomic E-state index is 0.126. The maximum atomic E-state index is 10.8. The maximum Gasteiger partial charge on any atom is 0.335 e. The van der Waals surface area contributed by atoms with Crippen LogP contribution in [0.15, 0.2) is 54.7 Å². The van der Waals surface area contributed by atoms with E-state index in [1.165, 1.54) is 12.1 Å². The number of nitrogens with zero attached hydrogens (tertiary/aromatic N) is 1. The molecule has 0 saturated carbocycles. The van der Waals surface area contributed by atoms with Gasteiger partial charge in [-0.1, -0.05) is 6.07 Å². The molecule has 104 valence electrons. The van der Waals surface area contributed by atoms with Gasteiger partial charge in [-0.15, -0.1) is 0 Å². The van der Waals surface area contributed by atoms with Gasteiger partial charge in [-0.2, -0.15) is 0 Å². The number of hydrogen-bond donors (Lipinski definition) is 2. The molecule has 0 bridgehead atoms. The lowest BCUT2D eigenvalue weighted by Crippen LogP contribution is -1.95. The average Bonchev–Trinajstić information content (AvgIpc) is 2.48. The number of phenols is 1. The summed E-state index contributed by atoms with van der Waals surface area (Å²) in [6.45, 7) is 0. The third-order valence-corrected chi connectivity index (χ3v) is 3.03. The van der Waals surface area contributed by atoms with Crippen LogP contribution in [0.3, 0.4) is 0 Å². The van der Waals surface area contributed by atoms with Crippen LogP contribution in [0.5, 0.6) is 17.4 Å². The van der Waals surface area contributed by atoms with Gasteiger partial charge in [0.25, 0.3) is 0 Å². The number of carboxylic acid groups (broad SMARTS) is 1. The Morgan fingerprint density at radius 2 is 1.81 bits per heavy atom. The van der Waals surface area contributed by atoms with Gasteiger partial charge < -0.3 is 14.9 Å². The monoisotopic (exact) mass is 281 g/mol. The van der Waals surface area contributed by atoms with Gasteiger partial charge in [-0.05, 0) is 47.9 Å². The largest absolute Gasteiger partial charge is 0.508 e. The highest BCUT2D eigenvalue weighted by molar-refractivity contribution is 5.88. The lowest BCUT2D eigenvalue weighted by atomic mass is 10.1. The molecule has 2 aromatic carbocycles. The number of hydrogen-bond acceptors (Lipinski definition) is 4. The fourth-order valence-corrected chi connectivity index (χ4v) is 1.99. The van der Waals surface area contributed by atoms with E-state index >= 15 is 0 Å². The van der Waals surface area contributed by atoms with Crippen molar-refractivity contribution in [3.63, 3.8) is 0 Å². The molecule has 0 fully saturated rings. The maximum absolute atomic E-state index is 10.8. The molecular weight excluding hydrogens is 270 g/mol. The highest BCUT2D eigenvalue weighted by Gasteiger charge is 2.07. The zero-order chi connectivity index (χ0) is 14.8. The highest BCUT2D eigenvalue weighted by Crippen LogP contribution is 2.30. The van der Waals surface area contributed by atoms with Crippen LogP contribution < -0.4 is 4.74 Å². The standard InChI is InChI=1S/C16H11NO4/c18-12-4-1-10-7-8-17-15(14(10)9-12)21-13-5-2-11(3-6-13)16(19)20/h1-9,18H,(H,19,20). The third kappa shape index (κ3) is 2.62. The van der Waals surface area contributed by atoms with Crippen molar-refractivity contribution >= 4 is 16.7 Å². The zero-order valence-electron chi connectivity index (χ0n) is 10.9. The molecule has 2 N–H and O–H groups in total. The molecule has 5 nitrogen and oxygen atoms in total. The van der Waals surface area contributed by atoms with Gasteiger partial charge in [0.1, 0.15) is 11.5 Å². The van der Waals surface area contributed by atoms with E-state index in [9.17, 15) is 9.90 Å². The molecule has 0 aliphatic rings. The summed E-state index contributed by atoms with van der Waals surface area (Å²) in [6.07, 6.45) is 1.61. The Hall–Kier alpha value is -3.08. The molecule has 0 radical (unpaired) electrons. The van der Waals surface area contributed by atoms with Crippen molar-refractivity contribution in [1.82, 2.24) is 4.98 Å². The smallest absolute Gasteiger partial charge is 0.335 e. The van der Waals surface area contributed by atoms with Crippen molar-refractivity contribution in [2.45, 2.75) is 0 Å². The number of aromatic nitrogens is 1. The Morgan fingerprint density at radius 1 is 1.05 bits per heavy atom. The number of rotatable bonds is 3. The quantitative estimate of drug-likeness (QED) is 0.768. The topological polar surface area (TPSA) is 79.7 Å². The van der Waals surface area contributed by atoms with Crippen LogP contribution in [-0.4, -0.2) is 21.2 Å². The number of carboxylic acids is 1. The number of ether oxygens (including phenoxy) is 1. The van der Waals surface area contributed by atoms with Crippen molar-refractivity contribution in [2.75, 3.05) is 0 Å². The lowest BCUT2D eigenvalue weighted by Gasteiger charge is -2.08. The van der Waals surface area contributed by atoms with E-state index in [0.29, 0.717) is 17.0 Å². The Kier molecular flexibility index (Phi) is 3.16. The third-order valence-electron chi connectivity index (χ3n) is 3.03. The van der Waals surface area contributed by atoms with Crippen molar-refractivity contribution in [2.24, 2.45) is 0 Å². The molecule has 1 aromatic heterocycles. The number of pyridine rings is 1. The zero-order valence-corrected chi connectivity index (χ0v) is 10.9. The Morgan fingerprint density at radius 3 is 2.52 bits per heavy atom. The fourth-order valence-electron chi connectivity index (χ4n) is 1.99. The first-order valence-corrected chi connectivity index (χ1v) is 6.22. The van der Waals surface area contributed by atoms with E-state index in [4.69, 9.17) is 9.84 Å². The number of carbonyl (C=O) groups is 1. The predicted molar refractivity (Wildman–Crippen MR) is 76.9 cm³/mol. The summed E-state index contributed by atoms with van der Waals surface area (Å²) in [6, 6.07) is 12.8. The summed E-state index contributed by atoms with van der Waals surface area (Å²) in [5.41, 5.74) is 0.186. The summed E-state index contributed by atoms with van der Waals surface area (Å²) in [4.78, 5) is 15.0. The molecule has 0 amide bonds. The van der Waals surface area contributed by atoms with Gasteiger partial charge in [0, 0.05) is 11.6 Å². The van der Waals surface area contributed by atoms with Gasteiger partial charge in [0.2, 0.25) is 5.88 Å². The Labute approximate surface area is 120 Å². The van der Waals surface area contributed by atoms with Gasteiger partial charge in [0.15, 0.2) is 0 Å². The second-order valence-electron chi connectivity index (χ2n) is 4.45. The van der Waals surface area contributed by atoms with Crippen LogP contribution in [0.1, 0.15) is 10.4 Å². The number of aromatic hydroxyl groups is 1. The van der Waals surface area contributed by atoms with Crippen molar-refractivity contribution in [3.8, 4) is 17.4 Å². The summed E-state index contributed by atoms with van der Waals surface area (Å²) in [5.74, 6) is -0.0360. The summed E-state index contributed by atoms with van der Waals surface area (Å²) < 4.78 is 5.67. The molecular formula is C16H11NO4. The molecule has 0 aliphatic carbocycles. The van der Waals surface area contributed by atoms with Gasteiger partial charge in [0.05, 0.1) is 5.56 Å². The number of aromatic carboxylic acids is 1. The predicted octanol–water partition coefficient (Wildman–Crippen LogP) is 3.43. The van der Waals surface area contributed by atoms with E-state index in [0.717, 1.165) is 5.39 Å². The number of phenolic OH excluding ortho intramolecular Hbond substituents is 1. The molecule has 0 spiro atoms. The second kappa shape index (κ2) is 5.13. The van der Waals surface area contributed by atoms with Crippen LogP contribution in [-0.2, 0) is 0 Å². The lowest BCUT2D eigenvalue weighted by molar-refractivity contribution is 0.0697. The van der Waals surface area contributed by atoms with Crippen molar-refractivity contribution in [3.05, 3.63) is 60.3 Å². The first-order valence-electron chi connectivity index (χ1n) is 6.22. The number of fused-ring (bicyclic) bond motifs is 1. The molecule has 3 rings (SSSR count). The van der Waals surface area contributed by atoms with Crippen LogP contribution in [0.25, 0.3) is 10.8 Å². The normalized spacial score (nSPS) is 10.5. The molecule has 21 heavy (non-hydrogen) atoms. The van der Waals surface area contributed by atoms with Gasteiger partial charge in [-0.25, -0.2) is 9.78 Å². The average molecular weight is 281 g/mol. The van der Waals surface area contributed by atoms with Crippen LogP contribution >= 0.6 is 0 Å². The van der Waals surface area contributed by atoms with Crippen molar-refractivity contribution in [1.29, 1.82) is 0 Å². The Balaban J connectivity index is 1.97. The van der Waals surface area contributed by atoms with Crippen molar-refractivity contribution < 1.29 is 19.7 Å². The van der Waals surface area contributed by atoms with Gasteiger partial charge >= 0.3 is 5.97 Å². The van der Waals surface area contributed by atoms with Gasteiger partial charge in [-0.3, -0.25) is 0 Å². The summed E-state index contributed by atoms with van der Waals surface area (Å²) in [5, 5.41) is 20.0. The van der Waals surface area contributed by atoms with Crippen LogP contribution in [0.2, 0.25) is 0 Å². The molecule has 0 aliphatic heterocycles. The van der Waals surface area contributed by atoms with E-state index in [2.05, 4.69) is 4.98 Å². The van der Waals surface area contributed by atoms with E-state index < -0.39 is 5.97 Å². The summed E-state index contributed by atoms with van der Waals surface area (Å²) in [7, 11) is 0. The minimum atomic E-state index is -0.991. The first-order chi connectivity index (χ1) is 10.1. The van der Waals surface area contributed by atoms with E-state index in [1.54, 1.807) is 36.5 Å². The molecule has 0 saturated heterocycles. The molecule has 3 aromatic rings. The second-order valence-corrected chi connectivity index (χ2v) is 4.45. The number of benzene rings is 2. The molecule has 0 atom stereocenters. The highest BCUT2D eigenvalue weighted by atomic mass is 16.5. The first kappa shape index (κ1) is 12.9. The summed E-state index contributed by atoms with van der Waals surface area (Å²) >= 11 is 0. The molecule has 0 unspecified atom stereocenters. The van der Waals surface area contributed by atoms with Crippen LogP contribution in [0.4, 0.5) is 0 Å². The Bertz CT molecular complexity index is 812. The van der Waals surface area contributed by atoms with Crippen LogP contribution in [0, 0.1) is 0 Å². The van der Waals surface area contributed by atoms with E-state index in [1.807, 2.05) is 6.07 Å². The SMILES string of the molecule is O=C(O)c1ccc(Oc2nccc3ccc(O)cc23)cc1. The fraction of sp³-hybridized carbons (Fsp3) is 0.